The second-order valence-electron chi connectivity index (χ2n) is 4.95. The minimum Gasteiger partial charge on any atom is -0.378 e. The van der Waals surface area contributed by atoms with Crippen LogP contribution >= 0.6 is 15.9 Å². The minimum atomic E-state index is 0.803. The van der Waals surface area contributed by atoms with Gasteiger partial charge in [-0.15, -0.1) is 0 Å². The van der Waals surface area contributed by atoms with Crippen molar-refractivity contribution in [1.29, 1.82) is 0 Å². The highest BCUT2D eigenvalue weighted by Crippen LogP contribution is 2.27. The molecule has 0 radical (unpaired) electrons. The standard InChI is InChI=1S/C16H15BrN4/c1-21(2)13-5-3-4-12(9-13)20-16-14-8-11(17)6-7-15(14)18-10-19-16/h3-10H,1-2H3,(H,18,19,20). The Kier molecular flexibility index (Phi) is 3.75. The lowest BCUT2D eigenvalue weighted by Crippen LogP contribution is -2.08. The van der Waals surface area contributed by atoms with Gasteiger partial charge in [-0.3, -0.25) is 0 Å². The van der Waals surface area contributed by atoms with E-state index in [0.29, 0.717) is 0 Å². The van der Waals surface area contributed by atoms with Gasteiger partial charge in [0.15, 0.2) is 0 Å². The van der Waals surface area contributed by atoms with Crippen LogP contribution in [-0.2, 0) is 0 Å². The lowest BCUT2D eigenvalue weighted by Gasteiger charge is -2.14. The smallest absolute Gasteiger partial charge is 0.141 e. The SMILES string of the molecule is CN(C)c1cccc(Nc2ncnc3ccc(Br)cc23)c1. The number of benzene rings is 2. The summed E-state index contributed by atoms with van der Waals surface area (Å²) in [5.41, 5.74) is 3.06. The summed E-state index contributed by atoms with van der Waals surface area (Å²) in [7, 11) is 4.05. The van der Waals surface area contributed by atoms with Crippen LogP contribution in [0.1, 0.15) is 0 Å². The van der Waals surface area contributed by atoms with Crippen molar-refractivity contribution < 1.29 is 0 Å². The molecule has 0 aliphatic heterocycles. The molecule has 0 amide bonds. The molecular weight excluding hydrogens is 328 g/mol. The molecule has 0 spiro atoms. The molecule has 3 aromatic rings. The van der Waals surface area contributed by atoms with Crippen molar-refractivity contribution in [3.05, 3.63) is 53.3 Å². The van der Waals surface area contributed by atoms with E-state index in [1.165, 1.54) is 0 Å². The molecule has 0 unspecified atom stereocenters. The third kappa shape index (κ3) is 2.97. The van der Waals surface area contributed by atoms with Gasteiger partial charge < -0.3 is 10.2 Å². The molecule has 21 heavy (non-hydrogen) atoms. The molecule has 1 N–H and O–H groups in total. The van der Waals surface area contributed by atoms with Gasteiger partial charge in [0.2, 0.25) is 0 Å². The van der Waals surface area contributed by atoms with Gasteiger partial charge >= 0.3 is 0 Å². The van der Waals surface area contributed by atoms with Crippen LogP contribution in [0.15, 0.2) is 53.3 Å². The maximum atomic E-state index is 4.36. The molecule has 3 rings (SSSR count). The van der Waals surface area contributed by atoms with E-state index in [4.69, 9.17) is 0 Å². The summed E-state index contributed by atoms with van der Waals surface area (Å²) < 4.78 is 1.01. The largest absolute Gasteiger partial charge is 0.378 e. The van der Waals surface area contributed by atoms with Crippen molar-refractivity contribution in [3.63, 3.8) is 0 Å². The first kappa shape index (κ1) is 13.8. The van der Waals surface area contributed by atoms with E-state index >= 15 is 0 Å². The first-order chi connectivity index (χ1) is 10.1. The van der Waals surface area contributed by atoms with Crippen LogP contribution in [0.2, 0.25) is 0 Å². The van der Waals surface area contributed by atoms with Crippen LogP contribution < -0.4 is 10.2 Å². The predicted molar refractivity (Wildman–Crippen MR) is 91.3 cm³/mol. The average molecular weight is 343 g/mol. The van der Waals surface area contributed by atoms with Crippen molar-refractivity contribution in [2.45, 2.75) is 0 Å². The summed E-state index contributed by atoms with van der Waals surface area (Å²) >= 11 is 3.49. The van der Waals surface area contributed by atoms with Gasteiger partial charge in [-0.05, 0) is 36.4 Å². The quantitative estimate of drug-likeness (QED) is 0.774. The zero-order valence-electron chi connectivity index (χ0n) is 11.8. The highest BCUT2D eigenvalue weighted by atomic mass is 79.9. The molecule has 0 atom stereocenters. The number of halogens is 1. The van der Waals surface area contributed by atoms with Crippen molar-refractivity contribution >= 4 is 44.0 Å². The van der Waals surface area contributed by atoms with Crippen LogP contribution in [0, 0.1) is 0 Å². The third-order valence-electron chi connectivity index (χ3n) is 3.22. The first-order valence-electron chi connectivity index (χ1n) is 6.58. The summed E-state index contributed by atoms with van der Waals surface area (Å²) in [5, 5.41) is 4.36. The van der Waals surface area contributed by atoms with Gasteiger partial charge in [0.05, 0.1) is 5.52 Å². The van der Waals surface area contributed by atoms with E-state index in [9.17, 15) is 0 Å². The molecule has 106 valence electrons. The summed E-state index contributed by atoms with van der Waals surface area (Å²) in [6.07, 6.45) is 1.58. The normalized spacial score (nSPS) is 10.6. The molecule has 0 fully saturated rings. The lowest BCUT2D eigenvalue weighted by atomic mass is 10.2. The van der Waals surface area contributed by atoms with Crippen LogP contribution in [0.5, 0.6) is 0 Å². The number of aromatic nitrogens is 2. The van der Waals surface area contributed by atoms with E-state index in [-0.39, 0.29) is 0 Å². The maximum absolute atomic E-state index is 4.36. The Labute approximate surface area is 132 Å². The van der Waals surface area contributed by atoms with E-state index in [2.05, 4.69) is 48.2 Å². The highest BCUT2D eigenvalue weighted by molar-refractivity contribution is 9.10. The fraction of sp³-hybridized carbons (Fsp3) is 0.125. The Morgan fingerprint density at radius 1 is 1.05 bits per heavy atom. The molecular formula is C16H15BrN4. The van der Waals surface area contributed by atoms with Gasteiger partial charge in [-0.25, -0.2) is 9.97 Å². The summed E-state index contributed by atoms with van der Waals surface area (Å²) in [5.74, 6) is 0.803. The van der Waals surface area contributed by atoms with Gasteiger partial charge in [-0.2, -0.15) is 0 Å². The van der Waals surface area contributed by atoms with Crippen molar-refractivity contribution in [2.75, 3.05) is 24.3 Å². The van der Waals surface area contributed by atoms with Crippen LogP contribution in [0.3, 0.4) is 0 Å². The monoisotopic (exact) mass is 342 g/mol. The van der Waals surface area contributed by atoms with E-state index < -0.39 is 0 Å². The second-order valence-corrected chi connectivity index (χ2v) is 5.87. The molecule has 5 heteroatoms. The van der Waals surface area contributed by atoms with Crippen LogP contribution in [-0.4, -0.2) is 24.1 Å². The zero-order valence-corrected chi connectivity index (χ0v) is 13.4. The number of nitrogens with zero attached hydrogens (tertiary/aromatic N) is 3. The summed E-state index contributed by atoms with van der Waals surface area (Å²) in [6, 6.07) is 14.2. The summed E-state index contributed by atoms with van der Waals surface area (Å²) in [4.78, 5) is 10.7. The van der Waals surface area contributed by atoms with Crippen molar-refractivity contribution in [1.82, 2.24) is 9.97 Å². The molecule has 4 nitrogen and oxygen atoms in total. The van der Waals surface area contributed by atoms with E-state index in [1.807, 2.05) is 44.4 Å². The Bertz CT molecular complexity index is 786. The molecule has 0 saturated carbocycles. The first-order valence-corrected chi connectivity index (χ1v) is 7.37. The molecule has 1 heterocycles. The third-order valence-corrected chi connectivity index (χ3v) is 3.72. The highest BCUT2D eigenvalue weighted by Gasteiger charge is 2.05. The molecule has 0 aliphatic carbocycles. The van der Waals surface area contributed by atoms with E-state index in [0.717, 1.165) is 32.6 Å². The Hall–Kier alpha value is -2.14. The fourth-order valence-electron chi connectivity index (χ4n) is 2.13. The maximum Gasteiger partial charge on any atom is 0.141 e. The minimum absolute atomic E-state index is 0.803. The van der Waals surface area contributed by atoms with Gasteiger partial charge in [0.25, 0.3) is 0 Å². The van der Waals surface area contributed by atoms with Crippen LogP contribution in [0.25, 0.3) is 10.9 Å². The Balaban J connectivity index is 2.02. The molecule has 0 aliphatic rings. The number of anilines is 3. The molecule has 0 bridgehead atoms. The molecule has 1 aromatic heterocycles. The van der Waals surface area contributed by atoms with Gasteiger partial charge in [-0.1, -0.05) is 22.0 Å². The topological polar surface area (TPSA) is 41.0 Å². The molecule has 0 saturated heterocycles. The fourth-order valence-corrected chi connectivity index (χ4v) is 2.49. The van der Waals surface area contributed by atoms with Crippen molar-refractivity contribution in [2.24, 2.45) is 0 Å². The van der Waals surface area contributed by atoms with Gasteiger partial charge in [0, 0.05) is 35.3 Å². The summed E-state index contributed by atoms with van der Waals surface area (Å²) in [6.45, 7) is 0. The number of nitrogens with one attached hydrogen (secondary N) is 1. The number of rotatable bonds is 3. The number of hydrogen-bond donors (Lipinski definition) is 1. The Morgan fingerprint density at radius 3 is 2.71 bits per heavy atom. The van der Waals surface area contributed by atoms with Gasteiger partial charge in [0.1, 0.15) is 12.1 Å². The van der Waals surface area contributed by atoms with E-state index in [1.54, 1.807) is 6.33 Å². The van der Waals surface area contributed by atoms with Crippen molar-refractivity contribution in [3.8, 4) is 0 Å². The predicted octanol–water partition coefficient (Wildman–Crippen LogP) is 4.20. The molecule has 2 aromatic carbocycles. The number of fused-ring (bicyclic) bond motifs is 1. The number of hydrogen-bond acceptors (Lipinski definition) is 4. The average Bonchev–Trinajstić information content (AvgIpc) is 2.48. The Morgan fingerprint density at radius 2 is 1.90 bits per heavy atom. The van der Waals surface area contributed by atoms with Crippen LogP contribution in [0.4, 0.5) is 17.2 Å². The lowest BCUT2D eigenvalue weighted by molar-refractivity contribution is 1.13. The zero-order chi connectivity index (χ0) is 14.8. The second kappa shape index (κ2) is 5.69.